The van der Waals surface area contributed by atoms with Gasteiger partial charge in [0.25, 0.3) is 0 Å². The number of fused-ring (bicyclic) bond motifs is 1. The molecule has 0 saturated heterocycles. The van der Waals surface area contributed by atoms with Crippen molar-refractivity contribution in [1.29, 1.82) is 0 Å². The molecule has 1 aliphatic heterocycles. The molecule has 0 aliphatic carbocycles. The second kappa shape index (κ2) is 4.11. The lowest BCUT2D eigenvalue weighted by molar-refractivity contribution is 0.388. The fourth-order valence-corrected chi connectivity index (χ4v) is 2.27. The van der Waals surface area contributed by atoms with Gasteiger partial charge in [-0.2, -0.15) is 0 Å². The van der Waals surface area contributed by atoms with Crippen molar-refractivity contribution in [3.05, 3.63) is 17.7 Å². The van der Waals surface area contributed by atoms with Gasteiger partial charge in [0.2, 0.25) is 0 Å². The molecule has 0 unspecified atom stereocenters. The zero-order valence-corrected chi connectivity index (χ0v) is 8.89. The minimum absolute atomic E-state index is 0.627. The van der Waals surface area contributed by atoms with Crippen LogP contribution in [-0.4, -0.2) is 19.6 Å². The first-order valence-electron chi connectivity index (χ1n) is 4.51. The highest BCUT2D eigenvalue weighted by Crippen LogP contribution is 2.40. The average Bonchev–Trinajstić information content (AvgIpc) is 2.64. The molecule has 14 heavy (non-hydrogen) atoms. The Hall–Kier alpha value is -0.870. The highest BCUT2D eigenvalue weighted by Gasteiger charge is 2.16. The molecule has 0 saturated carbocycles. The number of methoxy groups -OCH3 is 1. The minimum Gasteiger partial charge on any atom is -0.496 e. The number of benzene rings is 1. The van der Waals surface area contributed by atoms with Crippen molar-refractivity contribution >= 4 is 11.8 Å². The lowest BCUT2D eigenvalue weighted by atomic mass is 10.1. The summed E-state index contributed by atoms with van der Waals surface area (Å²) in [5.74, 6) is 2.57. The van der Waals surface area contributed by atoms with Crippen LogP contribution in [0.25, 0.3) is 0 Å². The molecular weight excluding hydrogens is 198 g/mol. The lowest BCUT2D eigenvalue weighted by Gasteiger charge is -2.09. The van der Waals surface area contributed by atoms with Crippen molar-refractivity contribution in [2.24, 2.45) is 5.73 Å². The molecule has 0 aromatic heterocycles. The van der Waals surface area contributed by atoms with Crippen LogP contribution in [0.4, 0.5) is 0 Å². The normalized spacial score (nSPS) is 13.6. The van der Waals surface area contributed by atoms with Crippen LogP contribution in [0.5, 0.6) is 11.5 Å². The van der Waals surface area contributed by atoms with Crippen molar-refractivity contribution < 1.29 is 9.47 Å². The maximum Gasteiger partial charge on any atom is 0.138 e. The van der Waals surface area contributed by atoms with Gasteiger partial charge < -0.3 is 15.2 Å². The topological polar surface area (TPSA) is 44.5 Å². The van der Waals surface area contributed by atoms with E-state index in [4.69, 9.17) is 15.2 Å². The molecule has 76 valence electrons. The third-order valence-corrected chi connectivity index (χ3v) is 3.06. The molecule has 2 rings (SSSR count). The van der Waals surface area contributed by atoms with E-state index >= 15 is 0 Å². The number of thioether (sulfide) groups is 1. The van der Waals surface area contributed by atoms with E-state index in [2.05, 4.69) is 0 Å². The van der Waals surface area contributed by atoms with Crippen LogP contribution >= 0.6 is 11.8 Å². The summed E-state index contributed by atoms with van der Waals surface area (Å²) in [7, 11) is 1.68. The Kier molecular flexibility index (Phi) is 2.84. The molecule has 0 fully saturated rings. The predicted octanol–water partition coefficient (Wildman–Crippen LogP) is 1.64. The number of hydrogen-bond donors (Lipinski definition) is 1. The summed E-state index contributed by atoms with van der Waals surface area (Å²) < 4.78 is 10.8. The standard InChI is InChI=1S/C10H13NO2S/c1-12-8-5-10-9(13-6-14-10)4-7(8)2-3-11/h4-5H,2-3,6,11H2,1H3. The van der Waals surface area contributed by atoms with E-state index in [1.807, 2.05) is 12.1 Å². The Bertz CT molecular complexity index is 341. The molecule has 0 spiro atoms. The van der Waals surface area contributed by atoms with Gasteiger partial charge in [-0.05, 0) is 30.7 Å². The maximum absolute atomic E-state index is 5.53. The summed E-state index contributed by atoms with van der Waals surface area (Å²) >= 11 is 1.69. The van der Waals surface area contributed by atoms with Crippen LogP contribution < -0.4 is 15.2 Å². The molecule has 0 bridgehead atoms. The molecular formula is C10H13NO2S. The summed E-state index contributed by atoms with van der Waals surface area (Å²) in [5.41, 5.74) is 6.65. The highest BCUT2D eigenvalue weighted by molar-refractivity contribution is 7.99. The SMILES string of the molecule is COc1cc2c(cc1CCN)OCS2. The van der Waals surface area contributed by atoms with Gasteiger partial charge in [-0.1, -0.05) is 11.8 Å². The number of nitrogens with two attached hydrogens (primary N) is 1. The number of rotatable bonds is 3. The fourth-order valence-electron chi connectivity index (χ4n) is 1.51. The second-order valence-corrected chi connectivity index (χ2v) is 4.02. The molecule has 0 radical (unpaired) electrons. The predicted molar refractivity (Wildman–Crippen MR) is 57.1 cm³/mol. The van der Waals surface area contributed by atoms with Crippen molar-refractivity contribution in [2.45, 2.75) is 11.3 Å². The van der Waals surface area contributed by atoms with E-state index in [0.29, 0.717) is 12.5 Å². The van der Waals surface area contributed by atoms with Crippen LogP contribution in [0.1, 0.15) is 5.56 Å². The van der Waals surface area contributed by atoms with E-state index in [0.717, 1.165) is 28.4 Å². The molecule has 1 aromatic carbocycles. The van der Waals surface area contributed by atoms with Gasteiger partial charge in [0.15, 0.2) is 0 Å². The van der Waals surface area contributed by atoms with Crippen LogP contribution in [0.3, 0.4) is 0 Å². The van der Waals surface area contributed by atoms with Crippen LogP contribution in [0.15, 0.2) is 17.0 Å². The third-order valence-electron chi connectivity index (χ3n) is 2.19. The van der Waals surface area contributed by atoms with E-state index < -0.39 is 0 Å². The molecule has 0 amide bonds. The van der Waals surface area contributed by atoms with Crippen molar-refractivity contribution in [1.82, 2.24) is 0 Å². The zero-order valence-electron chi connectivity index (χ0n) is 8.08. The Morgan fingerprint density at radius 2 is 2.43 bits per heavy atom. The van der Waals surface area contributed by atoms with Crippen molar-refractivity contribution in [2.75, 3.05) is 19.6 Å². The van der Waals surface area contributed by atoms with Gasteiger partial charge in [-0.15, -0.1) is 0 Å². The summed E-state index contributed by atoms with van der Waals surface area (Å²) in [4.78, 5) is 1.16. The van der Waals surface area contributed by atoms with Gasteiger partial charge in [0.05, 0.1) is 12.0 Å². The summed E-state index contributed by atoms with van der Waals surface area (Å²) in [6.45, 7) is 0.627. The van der Waals surface area contributed by atoms with Gasteiger partial charge in [0, 0.05) is 0 Å². The average molecular weight is 211 g/mol. The van der Waals surface area contributed by atoms with Gasteiger partial charge in [0.1, 0.15) is 17.4 Å². The zero-order chi connectivity index (χ0) is 9.97. The van der Waals surface area contributed by atoms with Crippen LogP contribution in [0.2, 0.25) is 0 Å². The molecule has 3 nitrogen and oxygen atoms in total. The smallest absolute Gasteiger partial charge is 0.138 e. The Morgan fingerprint density at radius 1 is 1.57 bits per heavy atom. The Balaban J connectivity index is 2.38. The van der Waals surface area contributed by atoms with E-state index in [1.165, 1.54) is 0 Å². The molecule has 1 aliphatic rings. The summed E-state index contributed by atoms with van der Waals surface area (Å²) in [6, 6.07) is 4.05. The van der Waals surface area contributed by atoms with E-state index in [-0.39, 0.29) is 0 Å². The fraction of sp³-hybridized carbons (Fsp3) is 0.400. The van der Waals surface area contributed by atoms with E-state index in [1.54, 1.807) is 18.9 Å². The quantitative estimate of drug-likeness (QED) is 0.825. The monoisotopic (exact) mass is 211 g/mol. The van der Waals surface area contributed by atoms with Crippen LogP contribution in [-0.2, 0) is 6.42 Å². The lowest BCUT2D eigenvalue weighted by Crippen LogP contribution is -2.04. The minimum atomic E-state index is 0.627. The van der Waals surface area contributed by atoms with Crippen molar-refractivity contribution in [3.63, 3.8) is 0 Å². The van der Waals surface area contributed by atoms with Gasteiger partial charge in [-0.25, -0.2) is 0 Å². The second-order valence-electron chi connectivity index (χ2n) is 3.06. The first-order chi connectivity index (χ1) is 6.85. The number of hydrogen-bond acceptors (Lipinski definition) is 4. The first kappa shape index (κ1) is 9.68. The Morgan fingerprint density at radius 3 is 3.14 bits per heavy atom. The van der Waals surface area contributed by atoms with Crippen molar-refractivity contribution in [3.8, 4) is 11.5 Å². The first-order valence-corrected chi connectivity index (χ1v) is 5.50. The third kappa shape index (κ3) is 1.67. The largest absolute Gasteiger partial charge is 0.496 e. The number of ether oxygens (including phenoxy) is 2. The van der Waals surface area contributed by atoms with Crippen LogP contribution in [0, 0.1) is 0 Å². The summed E-state index contributed by atoms with van der Waals surface area (Å²) in [6.07, 6.45) is 0.824. The van der Waals surface area contributed by atoms with Gasteiger partial charge in [-0.3, -0.25) is 0 Å². The van der Waals surface area contributed by atoms with Gasteiger partial charge >= 0.3 is 0 Å². The Labute approximate surface area is 87.6 Å². The molecule has 2 N–H and O–H groups in total. The molecule has 1 heterocycles. The summed E-state index contributed by atoms with van der Waals surface area (Å²) in [5, 5.41) is 0. The molecule has 0 atom stereocenters. The maximum atomic E-state index is 5.53. The molecule has 4 heteroatoms. The highest BCUT2D eigenvalue weighted by atomic mass is 32.2. The molecule has 1 aromatic rings. The van der Waals surface area contributed by atoms with E-state index in [9.17, 15) is 0 Å².